The Bertz CT molecular complexity index is 1050. The minimum Gasteiger partial charge on any atom is -0.301 e. The van der Waals surface area contributed by atoms with E-state index in [-0.39, 0.29) is 11.1 Å². The fourth-order valence-corrected chi connectivity index (χ4v) is 9.65. The lowest BCUT2D eigenvalue weighted by Gasteiger charge is -2.45. The van der Waals surface area contributed by atoms with E-state index in [9.17, 15) is 9.59 Å². The van der Waals surface area contributed by atoms with Crippen LogP contribution >= 0.6 is 0 Å². The molecule has 55 heavy (non-hydrogen) atoms. The van der Waals surface area contributed by atoms with Gasteiger partial charge in [0, 0.05) is 67.2 Å². The van der Waals surface area contributed by atoms with E-state index in [0.717, 1.165) is 56.1 Å². The van der Waals surface area contributed by atoms with Gasteiger partial charge in [-0.3, -0.25) is 24.3 Å². The molecule has 0 bridgehead atoms. The molecule has 5 fully saturated rings. The molecule has 0 aromatic rings. The number of carbonyl (C=O) groups excluding carboxylic acids is 2. The third kappa shape index (κ3) is 18.3. The lowest BCUT2D eigenvalue weighted by molar-refractivity contribution is -0.134. The first kappa shape index (κ1) is 52.2. The van der Waals surface area contributed by atoms with Crippen LogP contribution in [0.5, 0.6) is 0 Å². The molecule has 5 aliphatic heterocycles. The Balaban J connectivity index is 0.000000344. The molecule has 0 amide bonds. The summed E-state index contributed by atoms with van der Waals surface area (Å²) in [7, 11) is 0. The van der Waals surface area contributed by atoms with Crippen molar-refractivity contribution in [3.05, 3.63) is 0 Å². The smallest absolute Gasteiger partial charge is 0.152 e. The maximum absolute atomic E-state index is 11.6. The number of nitrogens with zero attached hydrogens (tertiary/aromatic N) is 5. The van der Waals surface area contributed by atoms with Crippen LogP contribution in [0.4, 0.5) is 0 Å². The minimum atomic E-state index is -0.230. The number of piperidine rings is 5. The molecule has 0 saturated carbocycles. The molecule has 7 heteroatoms. The molecule has 0 unspecified atom stereocenters. The van der Waals surface area contributed by atoms with Crippen LogP contribution in [0.2, 0.25) is 0 Å². The fraction of sp³-hybridized carbons (Fsp3) is 0.958. The number of likely N-dealkylation sites (tertiary alicyclic amines) is 5. The van der Waals surface area contributed by atoms with E-state index in [1.54, 1.807) is 0 Å². The van der Waals surface area contributed by atoms with Crippen molar-refractivity contribution < 1.29 is 9.59 Å². The number of hydrogen-bond donors (Lipinski definition) is 0. The molecule has 2 atom stereocenters. The summed E-state index contributed by atoms with van der Waals surface area (Å²) in [6.45, 7) is 48.6. The van der Waals surface area contributed by atoms with Gasteiger partial charge in [0.15, 0.2) is 5.78 Å². The average Bonchev–Trinajstić information content (AvgIpc) is 3.07. The maximum Gasteiger partial charge on any atom is 0.152 e. The molecular formula is C48H97N5O2. The lowest BCUT2D eigenvalue weighted by Crippen LogP contribution is -2.56. The highest BCUT2D eigenvalue weighted by molar-refractivity contribution is 5.88. The van der Waals surface area contributed by atoms with Gasteiger partial charge in [0.2, 0.25) is 0 Å². The lowest BCUT2D eigenvalue weighted by atomic mass is 9.88. The second-order valence-electron chi connectivity index (χ2n) is 21.2. The first-order valence-electron chi connectivity index (χ1n) is 23.2. The van der Waals surface area contributed by atoms with E-state index in [2.05, 4.69) is 135 Å². The summed E-state index contributed by atoms with van der Waals surface area (Å²) in [5.41, 5.74) is 0.431. The van der Waals surface area contributed by atoms with Gasteiger partial charge in [-0.1, -0.05) is 20.3 Å². The molecule has 326 valence electrons. The summed E-state index contributed by atoms with van der Waals surface area (Å²) in [6, 6.07) is 3.17. The van der Waals surface area contributed by atoms with Crippen molar-refractivity contribution in [1.82, 2.24) is 24.5 Å². The van der Waals surface area contributed by atoms with Gasteiger partial charge in [0.1, 0.15) is 5.78 Å². The number of ketones is 2. The minimum absolute atomic E-state index is 0.210. The number of hydrogen-bond acceptors (Lipinski definition) is 7. The van der Waals surface area contributed by atoms with Gasteiger partial charge in [-0.05, 0) is 200 Å². The van der Waals surface area contributed by atoms with Crippen molar-refractivity contribution >= 4 is 11.6 Å². The van der Waals surface area contributed by atoms with Crippen LogP contribution in [0, 0.1) is 11.8 Å². The van der Waals surface area contributed by atoms with Gasteiger partial charge >= 0.3 is 0 Å². The first-order valence-corrected chi connectivity index (χ1v) is 23.2. The van der Waals surface area contributed by atoms with Crippen molar-refractivity contribution in [2.24, 2.45) is 11.8 Å². The van der Waals surface area contributed by atoms with Crippen molar-refractivity contribution in [3.63, 3.8) is 0 Å². The first-order chi connectivity index (χ1) is 25.3. The highest BCUT2D eigenvalue weighted by Gasteiger charge is 2.38. The van der Waals surface area contributed by atoms with Gasteiger partial charge in [-0.15, -0.1) is 0 Å². The third-order valence-electron chi connectivity index (χ3n) is 13.3. The van der Waals surface area contributed by atoms with E-state index in [1.165, 1.54) is 77.7 Å². The van der Waals surface area contributed by atoms with Crippen LogP contribution in [0.15, 0.2) is 0 Å². The van der Waals surface area contributed by atoms with Gasteiger partial charge in [0.05, 0.1) is 12.1 Å². The Morgan fingerprint density at radius 3 is 1.25 bits per heavy atom. The second-order valence-corrected chi connectivity index (χ2v) is 21.2. The van der Waals surface area contributed by atoms with Crippen LogP contribution in [-0.2, 0) is 9.59 Å². The van der Waals surface area contributed by atoms with E-state index in [4.69, 9.17) is 0 Å². The fourth-order valence-electron chi connectivity index (χ4n) is 9.65. The quantitative estimate of drug-likeness (QED) is 0.276. The molecule has 0 N–H and O–H groups in total. The van der Waals surface area contributed by atoms with Crippen LogP contribution < -0.4 is 0 Å². The highest BCUT2D eigenvalue weighted by atomic mass is 16.1. The Kier molecular flexibility index (Phi) is 23.0. The monoisotopic (exact) mass is 776 g/mol. The number of Topliss-reactive ketones (excluding diaryl/α,β-unsaturated/α-hetero) is 2. The summed E-state index contributed by atoms with van der Waals surface area (Å²) in [6.07, 6.45) is 13.4. The highest BCUT2D eigenvalue weighted by Crippen LogP contribution is 2.30. The van der Waals surface area contributed by atoms with Gasteiger partial charge in [0.25, 0.3) is 0 Å². The van der Waals surface area contributed by atoms with Gasteiger partial charge < -0.3 is 9.80 Å². The molecule has 7 nitrogen and oxygen atoms in total. The maximum atomic E-state index is 11.6. The normalized spacial score (nSPS) is 26.7. The molecule has 5 rings (SSSR count). The predicted octanol–water partition coefficient (Wildman–Crippen LogP) is 10.6. The van der Waals surface area contributed by atoms with Crippen molar-refractivity contribution in [2.75, 3.05) is 45.8 Å². The van der Waals surface area contributed by atoms with E-state index >= 15 is 0 Å². The summed E-state index contributed by atoms with van der Waals surface area (Å²) in [5, 5.41) is 0. The van der Waals surface area contributed by atoms with Crippen LogP contribution in [0.1, 0.15) is 195 Å². The van der Waals surface area contributed by atoms with Gasteiger partial charge in [-0.2, -0.15) is 0 Å². The number of rotatable bonds is 5. The van der Waals surface area contributed by atoms with E-state index in [1.807, 2.05) is 13.8 Å². The zero-order valence-corrected chi connectivity index (χ0v) is 40.3. The van der Waals surface area contributed by atoms with Crippen LogP contribution in [-0.4, -0.2) is 129 Å². The molecular weight excluding hydrogens is 679 g/mol. The second kappa shape index (κ2) is 24.3. The molecule has 0 aliphatic carbocycles. The summed E-state index contributed by atoms with van der Waals surface area (Å²) >= 11 is 0. The van der Waals surface area contributed by atoms with Gasteiger partial charge in [-0.25, -0.2) is 0 Å². The zero-order valence-electron chi connectivity index (χ0n) is 40.3. The molecule has 5 saturated heterocycles. The Hall–Kier alpha value is -0.860. The topological polar surface area (TPSA) is 50.3 Å². The van der Waals surface area contributed by atoms with E-state index < -0.39 is 0 Å². The standard InChI is InChI=1S/2C10H19NO.C10H21N.2C9H19N/c1-8(2)11-7-9(12)5-6-10(11,3)4;1-8(2)11-7-5-6-9(12)10(11,3)4;1-9(2)11-8-6-5-7-10(11,3)4;2*1-8(2)10-6-4-5-9(3)7-10/h2*8H,5-7H2,1-4H3;9H,5-8H2,1-4H3;2*8-9H,4-7H2,1-3H3/t;;;2*9-/m...10/s1. The van der Waals surface area contributed by atoms with Crippen LogP contribution in [0.25, 0.3) is 0 Å². The number of carbonyl (C=O) groups is 2. The molecule has 0 aromatic heterocycles. The van der Waals surface area contributed by atoms with E-state index in [0.29, 0.717) is 41.8 Å². The van der Waals surface area contributed by atoms with Crippen molar-refractivity contribution in [1.29, 1.82) is 0 Å². The summed E-state index contributed by atoms with van der Waals surface area (Å²) < 4.78 is 0. The predicted molar refractivity (Wildman–Crippen MR) is 240 cm³/mol. The van der Waals surface area contributed by atoms with Crippen molar-refractivity contribution in [2.45, 2.75) is 242 Å². The average molecular weight is 776 g/mol. The SMILES string of the molecule is CC(C)N1CC(=O)CCC1(C)C.CC(C)N1CCCC(=O)C1(C)C.CC(C)N1CCCCC1(C)C.CC(C)N1CCC[C@@H](C)C1.CC(C)N1CCC[C@H](C)C1. The molecule has 0 aromatic carbocycles. The zero-order chi connectivity index (χ0) is 42.3. The Morgan fingerprint density at radius 2 is 0.927 bits per heavy atom. The molecule has 0 spiro atoms. The van der Waals surface area contributed by atoms with Crippen molar-refractivity contribution in [3.8, 4) is 0 Å². The molecule has 0 radical (unpaired) electrons. The summed E-state index contributed by atoms with van der Waals surface area (Å²) in [5.74, 6) is 2.64. The molecule has 5 heterocycles. The third-order valence-corrected chi connectivity index (χ3v) is 13.3. The Morgan fingerprint density at radius 1 is 0.491 bits per heavy atom. The summed E-state index contributed by atoms with van der Waals surface area (Å²) in [4.78, 5) is 35.2. The molecule has 5 aliphatic rings. The van der Waals surface area contributed by atoms with Crippen LogP contribution in [0.3, 0.4) is 0 Å². The largest absolute Gasteiger partial charge is 0.301 e. The Labute approximate surface area is 344 Å².